The summed E-state index contributed by atoms with van der Waals surface area (Å²) < 4.78 is 15.8. The first-order valence-electron chi connectivity index (χ1n) is 6.07. The summed E-state index contributed by atoms with van der Waals surface area (Å²) in [6, 6.07) is 3.74. The second-order valence-corrected chi connectivity index (χ2v) is 4.12. The molecule has 0 atom stereocenters. The number of carboxylic acids is 1. The highest BCUT2D eigenvalue weighted by Gasteiger charge is 2.15. The van der Waals surface area contributed by atoms with E-state index in [9.17, 15) is 4.79 Å². The van der Waals surface area contributed by atoms with E-state index < -0.39 is 5.97 Å². The molecule has 5 heteroatoms. The third-order valence-electron chi connectivity index (χ3n) is 2.86. The molecule has 19 heavy (non-hydrogen) atoms. The monoisotopic (exact) mass is 268 g/mol. The summed E-state index contributed by atoms with van der Waals surface area (Å²) in [5.41, 5.74) is 1.94. The molecule has 0 saturated heterocycles. The molecule has 0 amide bonds. The van der Waals surface area contributed by atoms with Crippen molar-refractivity contribution in [2.45, 2.75) is 25.9 Å². The van der Waals surface area contributed by atoms with Gasteiger partial charge in [0.2, 0.25) is 0 Å². The lowest BCUT2D eigenvalue weighted by Gasteiger charge is -2.16. The van der Waals surface area contributed by atoms with Crippen LogP contribution < -0.4 is 9.47 Å². The Morgan fingerprint density at radius 3 is 2.47 bits per heavy atom. The minimum absolute atomic E-state index is 0.132. The molecular formula is C14H20O5. The van der Waals surface area contributed by atoms with Crippen LogP contribution in [0, 0.1) is 0 Å². The van der Waals surface area contributed by atoms with Gasteiger partial charge in [0, 0.05) is 19.1 Å². The van der Waals surface area contributed by atoms with Crippen molar-refractivity contribution in [3.8, 4) is 11.5 Å². The Kier molecular flexibility index (Phi) is 6.15. The summed E-state index contributed by atoms with van der Waals surface area (Å²) in [6.07, 6.45) is 1.30. The zero-order valence-corrected chi connectivity index (χ0v) is 11.6. The summed E-state index contributed by atoms with van der Waals surface area (Å²) in [5, 5.41) is 8.71. The third kappa shape index (κ3) is 4.13. The van der Waals surface area contributed by atoms with Crippen molar-refractivity contribution in [1.29, 1.82) is 0 Å². The van der Waals surface area contributed by atoms with E-state index >= 15 is 0 Å². The van der Waals surface area contributed by atoms with E-state index in [1.165, 1.54) is 0 Å². The number of rotatable bonds is 8. The number of ether oxygens (including phenoxy) is 3. The maximum absolute atomic E-state index is 10.6. The van der Waals surface area contributed by atoms with Gasteiger partial charge in [0.25, 0.3) is 0 Å². The van der Waals surface area contributed by atoms with Crippen LogP contribution >= 0.6 is 0 Å². The number of hydrogen-bond donors (Lipinski definition) is 1. The molecule has 0 aliphatic carbocycles. The molecule has 0 fully saturated rings. The second-order valence-electron chi connectivity index (χ2n) is 4.12. The lowest BCUT2D eigenvalue weighted by molar-refractivity contribution is -0.137. The molecular weight excluding hydrogens is 248 g/mol. The predicted octanol–water partition coefficient (Wildman–Crippen LogP) is 2.26. The van der Waals surface area contributed by atoms with Gasteiger partial charge in [-0.25, -0.2) is 0 Å². The van der Waals surface area contributed by atoms with Gasteiger partial charge in [0.15, 0.2) is 11.5 Å². The average molecular weight is 268 g/mol. The molecule has 0 unspecified atom stereocenters. The molecule has 1 N–H and O–H groups in total. The van der Waals surface area contributed by atoms with E-state index in [0.29, 0.717) is 30.9 Å². The van der Waals surface area contributed by atoms with E-state index in [4.69, 9.17) is 19.3 Å². The van der Waals surface area contributed by atoms with Crippen molar-refractivity contribution in [1.82, 2.24) is 0 Å². The Hall–Kier alpha value is -1.75. The fraction of sp³-hybridized carbons (Fsp3) is 0.500. The number of benzene rings is 1. The summed E-state index contributed by atoms with van der Waals surface area (Å²) in [4.78, 5) is 10.6. The SMILES string of the molecule is COCc1ccc(OC)c(OC)c1CCCC(=O)O. The molecule has 0 bridgehead atoms. The van der Waals surface area contributed by atoms with Crippen molar-refractivity contribution in [3.05, 3.63) is 23.3 Å². The van der Waals surface area contributed by atoms with E-state index in [2.05, 4.69) is 0 Å². The highest BCUT2D eigenvalue weighted by Crippen LogP contribution is 2.34. The molecule has 0 aliphatic rings. The lowest BCUT2D eigenvalue weighted by atomic mass is 10.0. The predicted molar refractivity (Wildman–Crippen MR) is 70.8 cm³/mol. The van der Waals surface area contributed by atoms with Crippen molar-refractivity contribution < 1.29 is 24.1 Å². The number of carboxylic acid groups (broad SMARTS) is 1. The van der Waals surface area contributed by atoms with Crippen molar-refractivity contribution >= 4 is 5.97 Å². The maximum atomic E-state index is 10.6. The molecule has 1 rings (SSSR count). The smallest absolute Gasteiger partial charge is 0.303 e. The van der Waals surface area contributed by atoms with E-state index in [1.807, 2.05) is 12.1 Å². The largest absolute Gasteiger partial charge is 0.493 e. The van der Waals surface area contributed by atoms with Crippen LogP contribution in [0.2, 0.25) is 0 Å². The van der Waals surface area contributed by atoms with Crippen LogP contribution in [0.15, 0.2) is 12.1 Å². The minimum Gasteiger partial charge on any atom is -0.493 e. The number of aliphatic carboxylic acids is 1. The van der Waals surface area contributed by atoms with Crippen LogP contribution in [0.1, 0.15) is 24.0 Å². The molecule has 106 valence electrons. The molecule has 1 aromatic carbocycles. The molecule has 0 heterocycles. The number of methoxy groups -OCH3 is 3. The highest BCUT2D eigenvalue weighted by atomic mass is 16.5. The van der Waals surface area contributed by atoms with E-state index in [-0.39, 0.29) is 6.42 Å². The van der Waals surface area contributed by atoms with Crippen molar-refractivity contribution in [2.24, 2.45) is 0 Å². The van der Waals surface area contributed by atoms with Gasteiger partial charge in [-0.3, -0.25) is 4.79 Å². The first-order valence-corrected chi connectivity index (χ1v) is 6.07. The van der Waals surface area contributed by atoms with Crippen molar-refractivity contribution in [3.63, 3.8) is 0 Å². The molecule has 0 spiro atoms. The van der Waals surface area contributed by atoms with Gasteiger partial charge in [0.05, 0.1) is 20.8 Å². The van der Waals surface area contributed by atoms with E-state index in [0.717, 1.165) is 11.1 Å². The normalized spacial score (nSPS) is 10.3. The average Bonchev–Trinajstić information content (AvgIpc) is 2.39. The molecule has 0 radical (unpaired) electrons. The summed E-state index contributed by atoms with van der Waals surface area (Å²) in [6.45, 7) is 0.461. The topological polar surface area (TPSA) is 65.0 Å². The minimum atomic E-state index is -0.796. The Bertz CT molecular complexity index is 428. The van der Waals surface area contributed by atoms with Crippen LogP contribution in [0.3, 0.4) is 0 Å². The van der Waals surface area contributed by atoms with Gasteiger partial charge < -0.3 is 19.3 Å². The van der Waals surface area contributed by atoms with Crippen molar-refractivity contribution in [2.75, 3.05) is 21.3 Å². The zero-order chi connectivity index (χ0) is 14.3. The molecule has 5 nitrogen and oxygen atoms in total. The van der Waals surface area contributed by atoms with Crippen LogP contribution in [0.4, 0.5) is 0 Å². The molecule has 0 aromatic heterocycles. The first-order chi connectivity index (χ1) is 9.13. The fourth-order valence-electron chi connectivity index (χ4n) is 2.01. The first kappa shape index (κ1) is 15.3. The number of carbonyl (C=O) groups is 1. The quantitative estimate of drug-likeness (QED) is 0.783. The second kappa shape index (κ2) is 7.63. The van der Waals surface area contributed by atoms with Gasteiger partial charge in [-0.05, 0) is 24.5 Å². The summed E-state index contributed by atoms with van der Waals surface area (Å²) in [5.74, 6) is 0.505. The Morgan fingerprint density at radius 2 is 1.95 bits per heavy atom. The number of hydrogen-bond acceptors (Lipinski definition) is 4. The molecule has 0 aliphatic heterocycles. The summed E-state index contributed by atoms with van der Waals surface area (Å²) >= 11 is 0. The molecule has 1 aromatic rings. The van der Waals surface area contributed by atoms with Gasteiger partial charge in [-0.15, -0.1) is 0 Å². The third-order valence-corrected chi connectivity index (χ3v) is 2.86. The van der Waals surface area contributed by atoms with Gasteiger partial charge in [-0.2, -0.15) is 0 Å². The van der Waals surface area contributed by atoms with Gasteiger partial charge in [-0.1, -0.05) is 6.07 Å². The van der Waals surface area contributed by atoms with Crippen LogP contribution in [0.5, 0.6) is 11.5 Å². The van der Waals surface area contributed by atoms with Gasteiger partial charge in [0.1, 0.15) is 0 Å². The molecule has 0 saturated carbocycles. The zero-order valence-electron chi connectivity index (χ0n) is 11.6. The highest BCUT2D eigenvalue weighted by molar-refractivity contribution is 5.66. The fourth-order valence-corrected chi connectivity index (χ4v) is 2.01. The van der Waals surface area contributed by atoms with Crippen LogP contribution in [-0.2, 0) is 22.6 Å². The Labute approximate surface area is 113 Å². The summed E-state index contributed by atoms with van der Waals surface area (Å²) in [7, 11) is 4.78. The van der Waals surface area contributed by atoms with Crippen LogP contribution in [-0.4, -0.2) is 32.4 Å². The maximum Gasteiger partial charge on any atom is 0.303 e. The van der Waals surface area contributed by atoms with Crippen LogP contribution in [0.25, 0.3) is 0 Å². The lowest BCUT2D eigenvalue weighted by Crippen LogP contribution is -2.04. The Balaban J connectivity index is 3.02. The van der Waals surface area contributed by atoms with Gasteiger partial charge >= 0.3 is 5.97 Å². The Morgan fingerprint density at radius 1 is 1.21 bits per heavy atom. The standard InChI is InChI=1S/C14H20O5/c1-17-9-10-7-8-12(18-2)14(19-3)11(10)5-4-6-13(15)16/h7-8H,4-6,9H2,1-3H3,(H,15,16). The van der Waals surface area contributed by atoms with E-state index in [1.54, 1.807) is 21.3 Å².